The van der Waals surface area contributed by atoms with Gasteiger partial charge in [0.1, 0.15) is 12.2 Å². The predicted molar refractivity (Wildman–Crippen MR) is 95.2 cm³/mol. The number of nitrogens with one attached hydrogen (secondary N) is 1. The second kappa shape index (κ2) is 7.19. The number of fused-ring (bicyclic) bond motifs is 1. The second-order valence-electron chi connectivity index (χ2n) is 7.81. The number of nitrogens with zero attached hydrogens (tertiary/aromatic N) is 1. The lowest BCUT2D eigenvalue weighted by Crippen LogP contribution is -2.55. The number of likely N-dealkylation sites (tertiary alicyclic amines) is 1. The largest absolute Gasteiger partial charge is 0.457 e. The van der Waals surface area contributed by atoms with E-state index < -0.39 is 23.8 Å². The van der Waals surface area contributed by atoms with Crippen molar-refractivity contribution in [2.45, 2.75) is 51.5 Å². The number of carbonyl (C=O) groups is 3. The molecule has 2 aliphatic rings. The van der Waals surface area contributed by atoms with Crippen LogP contribution in [0.4, 0.5) is 4.79 Å². The van der Waals surface area contributed by atoms with Crippen molar-refractivity contribution in [1.29, 1.82) is 0 Å². The summed E-state index contributed by atoms with van der Waals surface area (Å²) >= 11 is 0. The molecule has 0 spiro atoms. The molecule has 8 heteroatoms. The van der Waals surface area contributed by atoms with E-state index in [1.807, 2.05) is 0 Å². The number of amides is 2. The van der Waals surface area contributed by atoms with Crippen molar-refractivity contribution >= 4 is 18.0 Å². The first-order valence-corrected chi connectivity index (χ1v) is 8.91. The molecule has 1 aromatic rings. The standard InChI is InChI=1S/C19H24N2O6/c1-19(2,3)27-18(25)21-7-6-14(15(22)9-21)20-16(23)11-4-5-13-12(8-11)10-26-17(13)24/h4-5,8,14-15,22H,6-7,9-10H2,1-3H3,(H,20,23). The van der Waals surface area contributed by atoms with Crippen LogP contribution < -0.4 is 5.32 Å². The number of aliphatic hydroxyl groups is 1. The summed E-state index contributed by atoms with van der Waals surface area (Å²) in [6, 6.07) is 4.28. The molecule has 2 N–H and O–H groups in total. The Bertz CT molecular complexity index is 770. The van der Waals surface area contributed by atoms with E-state index in [0.29, 0.717) is 29.7 Å². The number of cyclic esters (lactones) is 1. The van der Waals surface area contributed by atoms with E-state index in [-0.39, 0.29) is 25.0 Å². The Morgan fingerprint density at radius 3 is 2.74 bits per heavy atom. The van der Waals surface area contributed by atoms with Gasteiger partial charge in [-0.1, -0.05) is 0 Å². The zero-order chi connectivity index (χ0) is 19.8. The first-order valence-electron chi connectivity index (χ1n) is 8.91. The average molecular weight is 376 g/mol. The molecule has 2 unspecified atom stereocenters. The fourth-order valence-electron chi connectivity index (χ4n) is 3.12. The molecule has 2 amide bonds. The molecule has 0 bridgehead atoms. The second-order valence-corrected chi connectivity index (χ2v) is 7.81. The summed E-state index contributed by atoms with van der Waals surface area (Å²) in [6.07, 6.45) is -0.956. The first kappa shape index (κ1) is 19.2. The van der Waals surface area contributed by atoms with Crippen LogP contribution in [0.5, 0.6) is 0 Å². The highest BCUT2D eigenvalue weighted by Gasteiger charge is 2.33. The van der Waals surface area contributed by atoms with Crippen molar-refractivity contribution in [2.24, 2.45) is 0 Å². The summed E-state index contributed by atoms with van der Waals surface area (Å²) in [4.78, 5) is 37.5. The smallest absolute Gasteiger partial charge is 0.410 e. The summed E-state index contributed by atoms with van der Waals surface area (Å²) in [7, 11) is 0. The van der Waals surface area contributed by atoms with Crippen LogP contribution in [-0.2, 0) is 16.1 Å². The van der Waals surface area contributed by atoms with Crippen molar-refractivity contribution in [3.63, 3.8) is 0 Å². The third kappa shape index (κ3) is 4.39. The van der Waals surface area contributed by atoms with Crippen LogP contribution in [0, 0.1) is 0 Å². The summed E-state index contributed by atoms with van der Waals surface area (Å²) in [5.74, 6) is -0.728. The highest BCUT2D eigenvalue weighted by Crippen LogP contribution is 2.22. The van der Waals surface area contributed by atoms with E-state index in [2.05, 4.69) is 5.32 Å². The zero-order valence-electron chi connectivity index (χ0n) is 15.7. The maximum absolute atomic E-state index is 12.5. The number of hydrogen-bond acceptors (Lipinski definition) is 6. The Hall–Kier alpha value is -2.61. The molecule has 2 atom stereocenters. The van der Waals surface area contributed by atoms with E-state index in [0.717, 1.165) is 0 Å². The summed E-state index contributed by atoms with van der Waals surface area (Å²) in [5, 5.41) is 13.1. The topological polar surface area (TPSA) is 105 Å². The van der Waals surface area contributed by atoms with E-state index >= 15 is 0 Å². The Labute approximate surface area is 157 Å². The van der Waals surface area contributed by atoms with Gasteiger partial charge in [0.15, 0.2) is 0 Å². The maximum Gasteiger partial charge on any atom is 0.410 e. The number of β-amino-alcohol motifs (C(OH)–C–C–N with tert-alkyl or cyclic N) is 1. The van der Waals surface area contributed by atoms with Gasteiger partial charge in [-0.25, -0.2) is 9.59 Å². The van der Waals surface area contributed by atoms with Gasteiger partial charge in [0.25, 0.3) is 5.91 Å². The molecular formula is C19H24N2O6. The van der Waals surface area contributed by atoms with Crippen LogP contribution in [-0.4, -0.2) is 58.8 Å². The van der Waals surface area contributed by atoms with Gasteiger partial charge >= 0.3 is 12.1 Å². The van der Waals surface area contributed by atoms with Gasteiger partial charge in [0.2, 0.25) is 0 Å². The molecule has 27 heavy (non-hydrogen) atoms. The minimum absolute atomic E-state index is 0.0897. The van der Waals surface area contributed by atoms with Crippen LogP contribution in [0.25, 0.3) is 0 Å². The minimum Gasteiger partial charge on any atom is -0.457 e. The number of piperidine rings is 1. The lowest BCUT2D eigenvalue weighted by atomic mass is 10.0. The van der Waals surface area contributed by atoms with Crippen LogP contribution in [0.1, 0.15) is 53.5 Å². The van der Waals surface area contributed by atoms with Crippen molar-refractivity contribution in [2.75, 3.05) is 13.1 Å². The Morgan fingerprint density at radius 1 is 1.33 bits per heavy atom. The third-order valence-corrected chi connectivity index (χ3v) is 4.50. The number of ether oxygens (including phenoxy) is 2. The van der Waals surface area contributed by atoms with Crippen LogP contribution in [0.15, 0.2) is 18.2 Å². The third-order valence-electron chi connectivity index (χ3n) is 4.50. The SMILES string of the molecule is CC(C)(C)OC(=O)N1CCC(NC(=O)c2ccc3c(c2)COC3=O)C(O)C1. The van der Waals surface area contributed by atoms with E-state index in [1.54, 1.807) is 39.0 Å². The lowest BCUT2D eigenvalue weighted by Gasteiger charge is -2.36. The summed E-state index contributed by atoms with van der Waals surface area (Å²) < 4.78 is 10.2. The predicted octanol–water partition coefficient (Wildman–Crippen LogP) is 1.46. The van der Waals surface area contributed by atoms with Gasteiger partial charge in [-0.2, -0.15) is 0 Å². The van der Waals surface area contributed by atoms with Gasteiger partial charge in [-0.15, -0.1) is 0 Å². The van der Waals surface area contributed by atoms with Crippen LogP contribution in [0.2, 0.25) is 0 Å². The molecule has 0 saturated carbocycles. The normalized spacial score (nSPS) is 22.1. The number of hydrogen-bond donors (Lipinski definition) is 2. The Kier molecular flexibility index (Phi) is 5.10. The zero-order valence-corrected chi connectivity index (χ0v) is 15.7. The number of aliphatic hydroxyl groups excluding tert-OH is 1. The average Bonchev–Trinajstić information content (AvgIpc) is 2.95. The quantitative estimate of drug-likeness (QED) is 0.757. The van der Waals surface area contributed by atoms with Crippen LogP contribution in [0.3, 0.4) is 0 Å². The fraction of sp³-hybridized carbons (Fsp3) is 0.526. The molecule has 2 aliphatic heterocycles. The first-order chi connectivity index (χ1) is 12.6. The van der Waals surface area contributed by atoms with Gasteiger partial charge in [-0.3, -0.25) is 4.79 Å². The number of esters is 1. The highest BCUT2D eigenvalue weighted by atomic mass is 16.6. The Balaban J connectivity index is 1.58. The van der Waals surface area contributed by atoms with Crippen molar-refractivity contribution in [3.8, 4) is 0 Å². The molecule has 0 radical (unpaired) electrons. The van der Waals surface area contributed by atoms with Crippen LogP contribution >= 0.6 is 0 Å². The number of benzene rings is 1. The molecular weight excluding hydrogens is 352 g/mol. The van der Waals surface area contributed by atoms with Gasteiger partial charge in [0.05, 0.1) is 24.3 Å². The molecule has 3 rings (SSSR count). The molecule has 1 saturated heterocycles. The molecule has 2 heterocycles. The maximum atomic E-state index is 12.5. The number of carbonyl (C=O) groups excluding carboxylic acids is 3. The number of rotatable bonds is 2. The van der Waals surface area contributed by atoms with E-state index in [4.69, 9.17) is 9.47 Å². The molecule has 0 aromatic heterocycles. The van der Waals surface area contributed by atoms with E-state index in [9.17, 15) is 19.5 Å². The van der Waals surface area contributed by atoms with E-state index in [1.165, 1.54) is 4.90 Å². The Morgan fingerprint density at radius 2 is 2.07 bits per heavy atom. The van der Waals surface area contributed by atoms with Crippen molar-refractivity contribution in [1.82, 2.24) is 10.2 Å². The van der Waals surface area contributed by atoms with Gasteiger partial charge in [0, 0.05) is 17.7 Å². The minimum atomic E-state index is -0.894. The molecule has 1 aromatic carbocycles. The monoisotopic (exact) mass is 376 g/mol. The summed E-state index contributed by atoms with van der Waals surface area (Å²) in [5.41, 5.74) is 0.935. The molecule has 8 nitrogen and oxygen atoms in total. The van der Waals surface area contributed by atoms with Crippen molar-refractivity contribution in [3.05, 3.63) is 34.9 Å². The fourth-order valence-corrected chi connectivity index (χ4v) is 3.12. The molecule has 1 fully saturated rings. The van der Waals surface area contributed by atoms with Gasteiger partial charge in [-0.05, 0) is 45.4 Å². The van der Waals surface area contributed by atoms with Crippen molar-refractivity contribution < 1.29 is 29.0 Å². The highest BCUT2D eigenvalue weighted by molar-refractivity contribution is 5.98. The molecule has 146 valence electrons. The lowest BCUT2D eigenvalue weighted by molar-refractivity contribution is -0.00409. The van der Waals surface area contributed by atoms with Gasteiger partial charge < -0.3 is 24.8 Å². The summed E-state index contributed by atoms with van der Waals surface area (Å²) in [6.45, 7) is 5.97. The molecule has 0 aliphatic carbocycles.